The summed E-state index contributed by atoms with van der Waals surface area (Å²) in [7, 11) is 0. The molecule has 0 bridgehead atoms. The number of benzene rings is 2. The minimum Gasteiger partial charge on any atom is -0.508 e. The molecule has 1 aliphatic heterocycles. The number of hydrogen-bond donors (Lipinski definition) is 2. The van der Waals surface area contributed by atoms with Gasteiger partial charge in [-0.2, -0.15) is 0 Å². The number of carbonyl (C=O) groups excluding carboxylic acids is 2. The number of amidine groups is 1. The third-order valence-electron chi connectivity index (χ3n) is 3.83. The maximum atomic E-state index is 12.7. The van der Waals surface area contributed by atoms with Crippen molar-refractivity contribution in [3.63, 3.8) is 0 Å². The third-order valence-corrected chi connectivity index (χ3v) is 5.01. The number of carbonyl (C=O) groups is 2. The molecule has 0 aromatic heterocycles. The normalized spacial score (nSPS) is 17.9. The van der Waals surface area contributed by atoms with E-state index in [1.165, 1.54) is 28.8 Å². The zero-order valence-electron chi connectivity index (χ0n) is 14.5. The number of aromatic hydroxyl groups is 1. The summed E-state index contributed by atoms with van der Waals surface area (Å²) in [5.74, 6) is -0.246. The lowest BCUT2D eigenvalue weighted by Crippen LogP contribution is -2.33. The van der Waals surface area contributed by atoms with E-state index < -0.39 is 5.25 Å². The second kappa shape index (κ2) is 8.55. The van der Waals surface area contributed by atoms with E-state index >= 15 is 0 Å². The Morgan fingerprint density at radius 1 is 1.22 bits per heavy atom. The first kappa shape index (κ1) is 18.7. The van der Waals surface area contributed by atoms with Gasteiger partial charge in [-0.3, -0.25) is 14.5 Å². The van der Waals surface area contributed by atoms with Gasteiger partial charge in [0.2, 0.25) is 11.8 Å². The molecule has 0 saturated carbocycles. The lowest BCUT2D eigenvalue weighted by atomic mass is 10.2. The van der Waals surface area contributed by atoms with Crippen LogP contribution in [0.25, 0.3) is 0 Å². The summed E-state index contributed by atoms with van der Waals surface area (Å²) in [6, 6.07) is 15.5. The number of rotatable bonds is 6. The van der Waals surface area contributed by atoms with Gasteiger partial charge in [0.25, 0.3) is 0 Å². The van der Waals surface area contributed by atoms with E-state index in [9.17, 15) is 14.7 Å². The number of hydrogen-bond acceptors (Lipinski definition) is 5. The van der Waals surface area contributed by atoms with Gasteiger partial charge >= 0.3 is 0 Å². The van der Waals surface area contributed by atoms with Crippen LogP contribution in [0.4, 0.5) is 11.4 Å². The SMILES string of the molecule is C=CCN1C(=O)[C@H](CC(=O)Nc2ccccc2)SC1=Nc1ccc(O)cc1. The number of nitrogens with one attached hydrogen (secondary N) is 1. The van der Waals surface area contributed by atoms with Crippen molar-refractivity contribution in [3.8, 4) is 5.75 Å². The average molecular weight is 381 g/mol. The Bertz CT molecular complexity index is 866. The van der Waals surface area contributed by atoms with Gasteiger partial charge in [0.05, 0.1) is 5.69 Å². The van der Waals surface area contributed by atoms with E-state index in [1.807, 2.05) is 18.2 Å². The Morgan fingerprint density at radius 2 is 1.93 bits per heavy atom. The summed E-state index contributed by atoms with van der Waals surface area (Å²) < 4.78 is 0. The lowest BCUT2D eigenvalue weighted by molar-refractivity contribution is -0.127. The first-order chi connectivity index (χ1) is 13.1. The summed E-state index contributed by atoms with van der Waals surface area (Å²) in [4.78, 5) is 31.0. The number of para-hydroxylation sites is 1. The maximum absolute atomic E-state index is 12.7. The van der Waals surface area contributed by atoms with Crippen LogP contribution in [0.1, 0.15) is 6.42 Å². The molecule has 0 aliphatic carbocycles. The van der Waals surface area contributed by atoms with Crippen molar-refractivity contribution in [1.82, 2.24) is 4.90 Å². The molecule has 138 valence electrons. The summed E-state index contributed by atoms with van der Waals surface area (Å²) in [6.07, 6.45) is 1.68. The van der Waals surface area contributed by atoms with Crippen molar-refractivity contribution in [3.05, 3.63) is 67.3 Å². The van der Waals surface area contributed by atoms with Crippen LogP contribution >= 0.6 is 11.8 Å². The van der Waals surface area contributed by atoms with E-state index in [0.29, 0.717) is 23.1 Å². The van der Waals surface area contributed by atoms with Crippen LogP contribution in [0.15, 0.2) is 72.2 Å². The fraction of sp³-hybridized carbons (Fsp3) is 0.150. The molecule has 27 heavy (non-hydrogen) atoms. The third kappa shape index (κ3) is 4.77. The van der Waals surface area contributed by atoms with Crippen LogP contribution in [0.5, 0.6) is 5.75 Å². The number of amides is 2. The van der Waals surface area contributed by atoms with Gasteiger partial charge in [-0.25, -0.2) is 4.99 Å². The molecule has 0 radical (unpaired) electrons. The van der Waals surface area contributed by atoms with Crippen LogP contribution < -0.4 is 5.32 Å². The van der Waals surface area contributed by atoms with Crippen LogP contribution in [-0.4, -0.2) is 38.8 Å². The standard InChI is InChI=1S/C20H19N3O3S/c1-2-12-23-19(26)17(13-18(25)21-14-6-4-3-5-7-14)27-20(23)22-15-8-10-16(24)11-9-15/h2-11,17,24H,1,12-13H2,(H,21,25)/t17-/m0/s1. The predicted octanol–water partition coefficient (Wildman–Crippen LogP) is 3.54. The van der Waals surface area contributed by atoms with Crippen molar-refractivity contribution in [2.24, 2.45) is 4.99 Å². The molecule has 7 heteroatoms. The summed E-state index contributed by atoms with van der Waals surface area (Å²) in [6.45, 7) is 4.00. The molecule has 1 heterocycles. The molecule has 0 spiro atoms. The van der Waals surface area contributed by atoms with Crippen molar-refractivity contribution in [2.45, 2.75) is 11.7 Å². The predicted molar refractivity (Wildman–Crippen MR) is 108 cm³/mol. The van der Waals surface area contributed by atoms with Gasteiger partial charge in [0.1, 0.15) is 11.0 Å². The molecule has 2 N–H and O–H groups in total. The number of anilines is 1. The Morgan fingerprint density at radius 3 is 2.59 bits per heavy atom. The second-order valence-electron chi connectivity index (χ2n) is 5.87. The molecule has 1 saturated heterocycles. The molecule has 1 aliphatic rings. The summed E-state index contributed by atoms with van der Waals surface area (Å²) >= 11 is 1.26. The molecule has 2 amide bonds. The zero-order chi connectivity index (χ0) is 19.2. The van der Waals surface area contributed by atoms with Crippen molar-refractivity contribution >= 4 is 40.1 Å². The van der Waals surface area contributed by atoms with E-state index in [1.54, 1.807) is 30.3 Å². The number of thioether (sulfide) groups is 1. The van der Waals surface area contributed by atoms with Gasteiger partial charge in [-0.15, -0.1) is 6.58 Å². The highest BCUT2D eigenvalue weighted by atomic mass is 32.2. The smallest absolute Gasteiger partial charge is 0.242 e. The highest BCUT2D eigenvalue weighted by Gasteiger charge is 2.38. The molecule has 2 aromatic rings. The average Bonchev–Trinajstić information content (AvgIpc) is 2.93. The first-order valence-corrected chi connectivity index (χ1v) is 9.26. The van der Waals surface area contributed by atoms with Crippen LogP contribution in [0.2, 0.25) is 0 Å². The van der Waals surface area contributed by atoms with Crippen LogP contribution in [0.3, 0.4) is 0 Å². The van der Waals surface area contributed by atoms with Crippen molar-refractivity contribution in [1.29, 1.82) is 0 Å². The summed E-state index contributed by atoms with van der Waals surface area (Å²) in [5, 5.41) is 12.2. The van der Waals surface area contributed by atoms with Crippen molar-refractivity contribution < 1.29 is 14.7 Å². The summed E-state index contributed by atoms with van der Waals surface area (Å²) in [5.41, 5.74) is 1.31. The van der Waals surface area contributed by atoms with E-state index in [4.69, 9.17) is 0 Å². The Kier molecular flexibility index (Phi) is 5.93. The Hall–Kier alpha value is -3.06. The molecular formula is C20H19N3O3S. The van der Waals surface area contributed by atoms with Gasteiger partial charge in [0.15, 0.2) is 5.17 Å². The Balaban J connectivity index is 1.73. The highest BCUT2D eigenvalue weighted by Crippen LogP contribution is 2.32. The minimum atomic E-state index is -0.537. The molecule has 1 atom stereocenters. The number of aliphatic imine (C=N–C) groups is 1. The van der Waals surface area contributed by atoms with E-state index in [0.717, 1.165) is 0 Å². The van der Waals surface area contributed by atoms with Crippen LogP contribution in [-0.2, 0) is 9.59 Å². The fourth-order valence-corrected chi connectivity index (χ4v) is 3.73. The Labute approximate surface area is 161 Å². The molecule has 3 rings (SSSR count). The minimum absolute atomic E-state index is 0.0562. The van der Waals surface area contributed by atoms with E-state index in [2.05, 4.69) is 16.9 Å². The van der Waals surface area contributed by atoms with Gasteiger partial charge in [-0.05, 0) is 36.4 Å². The lowest BCUT2D eigenvalue weighted by Gasteiger charge is -2.13. The molecular weight excluding hydrogens is 362 g/mol. The van der Waals surface area contributed by atoms with Gasteiger partial charge in [-0.1, -0.05) is 36.0 Å². The first-order valence-electron chi connectivity index (χ1n) is 8.38. The monoisotopic (exact) mass is 381 g/mol. The second-order valence-corrected chi connectivity index (χ2v) is 7.04. The topological polar surface area (TPSA) is 82.0 Å². The van der Waals surface area contributed by atoms with Gasteiger partial charge in [0, 0.05) is 18.7 Å². The van der Waals surface area contributed by atoms with Gasteiger partial charge < -0.3 is 10.4 Å². The number of nitrogens with zero attached hydrogens (tertiary/aromatic N) is 2. The molecule has 1 fully saturated rings. The van der Waals surface area contributed by atoms with Crippen molar-refractivity contribution in [2.75, 3.05) is 11.9 Å². The molecule has 0 unspecified atom stereocenters. The number of phenolic OH excluding ortho intramolecular Hbond substituents is 1. The quantitative estimate of drug-likeness (QED) is 0.750. The maximum Gasteiger partial charge on any atom is 0.242 e. The fourth-order valence-electron chi connectivity index (χ4n) is 2.56. The molecule has 6 nitrogen and oxygen atoms in total. The zero-order valence-corrected chi connectivity index (χ0v) is 15.4. The van der Waals surface area contributed by atoms with Crippen LogP contribution in [0, 0.1) is 0 Å². The highest BCUT2D eigenvalue weighted by molar-refractivity contribution is 8.15. The molecule has 2 aromatic carbocycles. The number of phenols is 1. The largest absolute Gasteiger partial charge is 0.508 e. The van der Waals surface area contributed by atoms with E-state index in [-0.39, 0.29) is 24.0 Å².